The second-order valence-corrected chi connectivity index (χ2v) is 4.44. The Bertz CT molecular complexity index is 661. The molecule has 0 saturated carbocycles. The zero-order chi connectivity index (χ0) is 12.4. The molecule has 90 valence electrons. The Balaban J connectivity index is 1.74. The highest BCUT2D eigenvalue weighted by Gasteiger charge is 2.00. The Morgan fingerprint density at radius 3 is 2.83 bits per heavy atom. The van der Waals surface area contributed by atoms with Crippen molar-refractivity contribution in [3.63, 3.8) is 0 Å². The molecule has 2 aromatic heterocycles. The summed E-state index contributed by atoms with van der Waals surface area (Å²) in [7, 11) is 0. The third kappa shape index (κ3) is 2.31. The molecule has 0 unspecified atom stereocenters. The molecule has 4 heteroatoms. The van der Waals surface area contributed by atoms with E-state index in [-0.39, 0.29) is 0 Å². The molecular weight excluding hydrogens is 248 g/mol. The van der Waals surface area contributed by atoms with Crippen molar-refractivity contribution in [2.75, 3.05) is 0 Å². The Hall–Kier alpha value is -2.00. The summed E-state index contributed by atoms with van der Waals surface area (Å²) in [5.74, 6) is 0.761. The molecular formula is C14H11ClN2O. The van der Waals surface area contributed by atoms with Crippen LogP contribution in [0.2, 0.25) is 5.02 Å². The van der Waals surface area contributed by atoms with Crippen molar-refractivity contribution < 1.29 is 4.74 Å². The van der Waals surface area contributed by atoms with Gasteiger partial charge in [-0.3, -0.25) is 0 Å². The van der Waals surface area contributed by atoms with Crippen LogP contribution in [0.1, 0.15) is 5.56 Å². The van der Waals surface area contributed by atoms with Crippen LogP contribution in [-0.4, -0.2) is 9.97 Å². The minimum atomic E-state index is 0.509. The fourth-order valence-corrected chi connectivity index (χ4v) is 1.87. The van der Waals surface area contributed by atoms with E-state index in [9.17, 15) is 0 Å². The topological polar surface area (TPSA) is 37.9 Å². The number of nitrogens with zero attached hydrogens (tertiary/aromatic N) is 1. The first kappa shape index (κ1) is 11.1. The largest absolute Gasteiger partial charge is 0.487 e. The highest BCUT2D eigenvalue weighted by Crippen LogP contribution is 2.18. The van der Waals surface area contributed by atoms with Crippen LogP contribution in [0, 0.1) is 0 Å². The fraction of sp³-hybridized carbons (Fsp3) is 0.0714. The lowest BCUT2D eigenvalue weighted by molar-refractivity contribution is 0.305. The number of ether oxygens (including phenoxy) is 1. The molecule has 0 bridgehead atoms. The number of aromatic nitrogens is 2. The molecule has 1 aromatic carbocycles. The van der Waals surface area contributed by atoms with Gasteiger partial charge in [-0.2, -0.15) is 0 Å². The van der Waals surface area contributed by atoms with E-state index in [2.05, 4.69) is 9.97 Å². The highest BCUT2D eigenvalue weighted by atomic mass is 35.5. The zero-order valence-electron chi connectivity index (χ0n) is 9.56. The number of H-pyrrole nitrogens is 1. The third-order valence-electron chi connectivity index (χ3n) is 2.69. The van der Waals surface area contributed by atoms with E-state index in [0.29, 0.717) is 6.61 Å². The smallest absolute Gasteiger partial charge is 0.138 e. The van der Waals surface area contributed by atoms with Gasteiger partial charge in [0, 0.05) is 16.6 Å². The maximum absolute atomic E-state index is 5.83. The van der Waals surface area contributed by atoms with Crippen LogP contribution in [0.15, 0.2) is 48.8 Å². The van der Waals surface area contributed by atoms with Gasteiger partial charge in [-0.15, -0.1) is 0 Å². The SMILES string of the molecule is Clc1ccc(COc2cnc3[nH]ccc3c2)cc1. The maximum atomic E-state index is 5.83. The van der Waals surface area contributed by atoms with Gasteiger partial charge in [0.2, 0.25) is 0 Å². The van der Waals surface area contributed by atoms with Crippen LogP contribution in [0.5, 0.6) is 5.75 Å². The summed E-state index contributed by atoms with van der Waals surface area (Å²) in [6.45, 7) is 0.509. The minimum Gasteiger partial charge on any atom is -0.487 e. The number of aromatic amines is 1. The molecule has 0 saturated heterocycles. The monoisotopic (exact) mass is 258 g/mol. The number of benzene rings is 1. The van der Waals surface area contributed by atoms with Gasteiger partial charge < -0.3 is 9.72 Å². The van der Waals surface area contributed by atoms with Crippen LogP contribution in [0.25, 0.3) is 11.0 Å². The van der Waals surface area contributed by atoms with Crippen molar-refractivity contribution in [1.82, 2.24) is 9.97 Å². The normalized spacial score (nSPS) is 10.7. The van der Waals surface area contributed by atoms with E-state index in [1.165, 1.54) is 0 Å². The lowest BCUT2D eigenvalue weighted by atomic mass is 10.2. The van der Waals surface area contributed by atoms with E-state index >= 15 is 0 Å². The van der Waals surface area contributed by atoms with E-state index in [1.807, 2.05) is 42.6 Å². The predicted octanol–water partition coefficient (Wildman–Crippen LogP) is 3.80. The van der Waals surface area contributed by atoms with Gasteiger partial charge in [0.25, 0.3) is 0 Å². The van der Waals surface area contributed by atoms with Crippen LogP contribution in [-0.2, 0) is 6.61 Å². The van der Waals surface area contributed by atoms with Crippen molar-refractivity contribution in [3.8, 4) is 5.75 Å². The van der Waals surface area contributed by atoms with Crippen molar-refractivity contribution in [1.29, 1.82) is 0 Å². The van der Waals surface area contributed by atoms with Crippen LogP contribution < -0.4 is 4.74 Å². The first-order chi connectivity index (χ1) is 8.81. The lowest BCUT2D eigenvalue weighted by Gasteiger charge is -2.06. The second-order valence-electron chi connectivity index (χ2n) is 4.00. The van der Waals surface area contributed by atoms with Crippen LogP contribution in [0.3, 0.4) is 0 Å². The molecule has 18 heavy (non-hydrogen) atoms. The molecule has 0 aliphatic rings. The molecule has 0 aliphatic heterocycles. The minimum absolute atomic E-state index is 0.509. The summed E-state index contributed by atoms with van der Waals surface area (Å²) in [5.41, 5.74) is 1.95. The predicted molar refractivity (Wildman–Crippen MR) is 71.9 cm³/mol. The van der Waals surface area contributed by atoms with E-state index in [0.717, 1.165) is 27.4 Å². The maximum Gasteiger partial charge on any atom is 0.138 e. The summed E-state index contributed by atoms with van der Waals surface area (Å²) in [5, 5.41) is 1.78. The van der Waals surface area contributed by atoms with Crippen LogP contribution in [0.4, 0.5) is 0 Å². The van der Waals surface area contributed by atoms with Gasteiger partial charge in [0.15, 0.2) is 0 Å². The van der Waals surface area contributed by atoms with Crippen molar-refractivity contribution in [3.05, 3.63) is 59.4 Å². The molecule has 3 nitrogen and oxygen atoms in total. The van der Waals surface area contributed by atoms with Crippen LogP contribution >= 0.6 is 11.6 Å². The van der Waals surface area contributed by atoms with Gasteiger partial charge in [0.1, 0.15) is 18.0 Å². The molecule has 0 aliphatic carbocycles. The fourth-order valence-electron chi connectivity index (χ4n) is 1.75. The Labute approximate surface area is 109 Å². The zero-order valence-corrected chi connectivity index (χ0v) is 10.3. The Morgan fingerprint density at radius 2 is 2.00 bits per heavy atom. The second kappa shape index (κ2) is 4.70. The molecule has 3 rings (SSSR count). The van der Waals surface area contributed by atoms with Gasteiger partial charge >= 0.3 is 0 Å². The van der Waals surface area contributed by atoms with Gasteiger partial charge in [-0.05, 0) is 29.8 Å². The molecule has 0 spiro atoms. The van der Waals surface area contributed by atoms with Gasteiger partial charge in [-0.25, -0.2) is 4.98 Å². The number of pyridine rings is 1. The first-order valence-corrected chi connectivity index (χ1v) is 5.99. The molecule has 2 heterocycles. The average molecular weight is 259 g/mol. The van der Waals surface area contributed by atoms with Crippen molar-refractivity contribution in [2.45, 2.75) is 6.61 Å². The number of fused-ring (bicyclic) bond motifs is 1. The summed E-state index contributed by atoms with van der Waals surface area (Å²) in [4.78, 5) is 7.31. The first-order valence-electron chi connectivity index (χ1n) is 5.62. The molecule has 0 fully saturated rings. The van der Waals surface area contributed by atoms with Crippen molar-refractivity contribution in [2.24, 2.45) is 0 Å². The third-order valence-corrected chi connectivity index (χ3v) is 2.95. The van der Waals surface area contributed by atoms with E-state index in [4.69, 9.17) is 16.3 Å². The van der Waals surface area contributed by atoms with Gasteiger partial charge in [0.05, 0.1) is 6.20 Å². The van der Waals surface area contributed by atoms with Gasteiger partial charge in [-0.1, -0.05) is 23.7 Å². The summed E-state index contributed by atoms with van der Waals surface area (Å²) in [6.07, 6.45) is 3.58. The highest BCUT2D eigenvalue weighted by molar-refractivity contribution is 6.30. The summed E-state index contributed by atoms with van der Waals surface area (Å²) in [6, 6.07) is 11.5. The number of hydrogen-bond donors (Lipinski definition) is 1. The van der Waals surface area contributed by atoms with E-state index < -0.39 is 0 Å². The molecule has 1 N–H and O–H groups in total. The number of nitrogens with one attached hydrogen (secondary N) is 1. The lowest BCUT2D eigenvalue weighted by Crippen LogP contribution is -1.95. The standard InChI is InChI=1S/C14H11ClN2O/c15-12-3-1-10(2-4-12)9-18-13-7-11-5-6-16-14(11)17-8-13/h1-8H,9H2,(H,16,17). The van der Waals surface area contributed by atoms with Crippen molar-refractivity contribution >= 4 is 22.6 Å². The molecule has 0 atom stereocenters. The number of rotatable bonds is 3. The summed E-state index contributed by atoms with van der Waals surface area (Å²) >= 11 is 5.83. The number of hydrogen-bond acceptors (Lipinski definition) is 2. The quantitative estimate of drug-likeness (QED) is 0.776. The molecule has 0 amide bonds. The molecule has 0 radical (unpaired) electrons. The summed E-state index contributed by atoms with van der Waals surface area (Å²) < 4.78 is 5.69. The van der Waals surface area contributed by atoms with E-state index in [1.54, 1.807) is 6.20 Å². The Morgan fingerprint density at radius 1 is 1.17 bits per heavy atom. The number of halogens is 1. The Kier molecular flexibility index (Phi) is 2.90. The average Bonchev–Trinajstić information content (AvgIpc) is 2.85. The molecule has 3 aromatic rings.